The Morgan fingerprint density at radius 2 is 0.758 bits per heavy atom. The highest BCUT2D eigenvalue weighted by molar-refractivity contribution is 6.40. The van der Waals surface area contributed by atoms with Gasteiger partial charge in [-0.25, -0.2) is 9.59 Å². The van der Waals surface area contributed by atoms with Crippen LogP contribution in [0.2, 0.25) is 0 Å². The molecule has 342 valence electrons. The van der Waals surface area contributed by atoms with E-state index in [0.717, 1.165) is 0 Å². The molecular formula is C46H63NO15. The maximum atomic E-state index is 12.6. The van der Waals surface area contributed by atoms with Gasteiger partial charge in [-0.2, -0.15) is 0 Å². The normalized spacial score (nSPS) is 12.0. The Hall–Kier alpha value is -4.33. The summed E-state index contributed by atoms with van der Waals surface area (Å²) in [6.07, 6.45) is -0.372. The van der Waals surface area contributed by atoms with Crippen LogP contribution in [0.25, 0.3) is 11.1 Å². The predicted molar refractivity (Wildman–Crippen MR) is 228 cm³/mol. The van der Waals surface area contributed by atoms with E-state index in [1.165, 1.54) is 27.2 Å². The van der Waals surface area contributed by atoms with E-state index < -0.39 is 11.8 Å². The number of ether oxygens (including phenoxy) is 12. The minimum Gasteiger partial charge on any atom is -0.457 e. The molecule has 4 rings (SSSR count). The van der Waals surface area contributed by atoms with Crippen molar-refractivity contribution in [2.75, 3.05) is 159 Å². The Labute approximate surface area is 364 Å². The fraction of sp³-hybridized carbons (Fsp3) is 0.543. The maximum Gasteiger partial charge on any atom is 0.409 e. The number of carbonyl (C=O) groups is 3. The van der Waals surface area contributed by atoms with Gasteiger partial charge in [0.15, 0.2) is 0 Å². The van der Waals surface area contributed by atoms with Gasteiger partial charge in [-0.1, -0.05) is 78.9 Å². The van der Waals surface area contributed by atoms with Gasteiger partial charge < -0.3 is 61.7 Å². The first-order valence-corrected chi connectivity index (χ1v) is 21.2. The van der Waals surface area contributed by atoms with Crippen LogP contribution in [-0.2, 0) is 61.6 Å². The number of nitrogens with zero attached hydrogens (tertiary/aromatic N) is 1. The van der Waals surface area contributed by atoms with Crippen LogP contribution in [0.5, 0.6) is 0 Å². The maximum absolute atomic E-state index is 12.6. The van der Waals surface area contributed by atoms with Crippen molar-refractivity contribution < 1.29 is 71.2 Å². The van der Waals surface area contributed by atoms with E-state index in [2.05, 4.69) is 24.3 Å². The monoisotopic (exact) mass is 869 g/mol. The quantitative estimate of drug-likeness (QED) is 0.0345. The van der Waals surface area contributed by atoms with Crippen molar-refractivity contribution in [2.24, 2.45) is 0 Å². The molecule has 0 saturated carbocycles. The van der Waals surface area contributed by atoms with Gasteiger partial charge in [0.1, 0.15) is 13.2 Å². The molecule has 0 heterocycles. The lowest BCUT2D eigenvalue weighted by atomic mass is 9.98. The molecule has 0 aliphatic heterocycles. The minimum atomic E-state index is -0.902. The number of hydrogen-bond donors (Lipinski definition) is 0. The van der Waals surface area contributed by atoms with Gasteiger partial charge in [0.25, 0.3) is 5.78 Å². The number of amides is 1. The summed E-state index contributed by atoms with van der Waals surface area (Å²) < 4.78 is 65.5. The molecule has 0 radical (unpaired) electrons. The largest absolute Gasteiger partial charge is 0.457 e. The number of hydrogen-bond acceptors (Lipinski definition) is 15. The lowest BCUT2D eigenvalue weighted by Crippen LogP contribution is -2.32. The average Bonchev–Trinajstić information content (AvgIpc) is 3.62. The molecule has 0 unspecified atom stereocenters. The van der Waals surface area contributed by atoms with Crippen molar-refractivity contribution >= 4 is 17.8 Å². The van der Waals surface area contributed by atoms with Crippen LogP contribution < -0.4 is 0 Å². The highest BCUT2D eigenvalue weighted by Gasteiger charge is 2.29. The van der Waals surface area contributed by atoms with Crippen LogP contribution in [0, 0.1) is 0 Å². The molecule has 3 aromatic carbocycles. The van der Waals surface area contributed by atoms with E-state index in [1.54, 1.807) is 37.4 Å². The summed E-state index contributed by atoms with van der Waals surface area (Å²) >= 11 is 0. The molecule has 0 saturated heterocycles. The van der Waals surface area contributed by atoms with Gasteiger partial charge in [0, 0.05) is 25.1 Å². The second-order valence-corrected chi connectivity index (χ2v) is 13.7. The molecule has 16 heteroatoms. The van der Waals surface area contributed by atoms with E-state index in [4.69, 9.17) is 56.8 Å². The van der Waals surface area contributed by atoms with Crippen molar-refractivity contribution in [3.05, 3.63) is 95.6 Å². The number of fused-ring (bicyclic) bond motifs is 3. The molecule has 1 aliphatic carbocycles. The van der Waals surface area contributed by atoms with E-state index in [9.17, 15) is 14.4 Å². The third-order valence-electron chi connectivity index (χ3n) is 9.25. The molecule has 0 bridgehead atoms. The third-order valence-corrected chi connectivity index (χ3v) is 9.25. The van der Waals surface area contributed by atoms with Crippen molar-refractivity contribution in [2.45, 2.75) is 5.92 Å². The van der Waals surface area contributed by atoms with Crippen molar-refractivity contribution in [1.29, 1.82) is 0 Å². The first kappa shape index (κ1) is 50.3. The topological polar surface area (TPSA) is 165 Å². The molecule has 0 fully saturated rings. The van der Waals surface area contributed by atoms with E-state index in [-0.39, 0.29) is 25.2 Å². The van der Waals surface area contributed by atoms with Gasteiger partial charge in [0.2, 0.25) is 0 Å². The molecule has 0 aromatic heterocycles. The number of benzene rings is 3. The first-order chi connectivity index (χ1) is 30.6. The molecule has 16 nitrogen and oxygen atoms in total. The van der Waals surface area contributed by atoms with Gasteiger partial charge in [-0.3, -0.25) is 4.79 Å². The first-order valence-electron chi connectivity index (χ1n) is 21.2. The molecular weight excluding hydrogens is 806 g/mol. The Balaban J connectivity index is 0.789. The summed E-state index contributed by atoms with van der Waals surface area (Å²) in [6, 6.07) is 24.8. The van der Waals surface area contributed by atoms with Crippen molar-refractivity contribution in [3.8, 4) is 11.1 Å². The molecule has 62 heavy (non-hydrogen) atoms. The molecule has 1 amide bonds. The fourth-order valence-electron chi connectivity index (χ4n) is 6.04. The summed E-state index contributed by atoms with van der Waals surface area (Å²) in [6.45, 7) is 9.16. The number of carbonyl (C=O) groups excluding carboxylic acids is 3. The fourth-order valence-corrected chi connectivity index (χ4v) is 6.04. The zero-order valence-corrected chi connectivity index (χ0v) is 35.9. The smallest absolute Gasteiger partial charge is 0.409 e. The molecule has 0 atom stereocenters. The number of ketones is 1. The Kier molecular flexibility index (Phi) is 26.3. The average molecular weight is 870 g/mol. The van der Waals surface area contributed by atoms with Crippen LogP contribution in [0.3, 0.4) is 0 Å². The predicted octanol–water partition coefficient (Wildman–Crippen LogP) is 4.46. The zero-order chi connectivity index (χ0) is 43.7. The third kappa shape index (κ3) is 20.2. The zero-order valence-electron chi connectivity index (χ0n) is 35.9. The Morgan fingerprint density at radius 3 is 1.16 bits per heavy atom. The Bertz CT molecular complexity index is 1620. The summed E-state index contributed by atoms with van der Waals surface area (Å²) in [4.78, 5) is 37.8. The number of Topliss-reactive ketones (excluding diaryl/α,β-unsaturated/α-hetero) is 1. The molecule has 0 N–H and O–H groups in total. The molecule has 1 aliphatic rings. The SMILES string of the molecule is CN(CCOCCOCCOCCOCCOCCOCCOCCOCCOCCOCCOC(=O)C(=O)c1ccccc1)C(=O)OCC1c2ccccc2-c2ccccc21. The van der Waals surface area contributed by atoms with Crippen LogP contribution in [0.1, 0.15) is 27.4 Å². The van der Waals surface area contributed by atoms with Crippen molar-refractivity contribution in [3.63, 3.8) is 0 Å². The number of rotatable bonds is 37. The van der Waals surface area contributed by atoms with Crippen LogP contribution in [0.15, 0.2) is 78.9 Å². The summed E-state index contributed by atoms with van der Waals surface area (Å²) in [5, 5.41) is 0. The second-order valence-electron chi connectivity index (χ2n) is 13.7. The highest BCUT2D eigenvalue weighted by Crippen LogP contribution is 2.44. The summed E-state index contributed by atoms with van der Waals surface area (Å²) in [5.41, 5.74) is 5.06. The summed E-state index contributed by atoms with van der Waals surface area (Å²) in [7, 11) is 1.71. The molecule has 3 aromatic rings. The van der Waals surface area contributed by atoms with E-state index in [0.29, 0.717) is 144 Å². The lowest BCUT2D eigenvalue weighted by Gasteiger charge is -2.19. The van der Waals surface area contributed by atoms with Gasteiger partial charge in [-0.05, 0) is 22.3 Å². The van der Waals surface area contributed by atoms with Crippen LogP contribution >= 0.6 is 0 Å². The molecule has 0 spiro atoms. The highest BCUT2D eigenvalue weighted by atomic mass is 16.6. The van der Waals surface area contributed by atoms with E-state index in [1.807, 2.05) is 24.3 Å². The Morgan fingerprint density at radius 1 is 0.419 bits per heavy atom. The lowest BCUT2D eigenvalue weighted by molar-refractivity contribution is -0.139. The standard InChI is InChI=1S/C46H63NO15/c1-47(46(50)62-37-43-41-13-7-5-11-39(41)40-12-6-8-14-42(40)43)15-16-51-17-18-52-19-20-53-21-22-54-23-24-55-25-26-56-27-28-57-29-30-58-31-32-59-33-34-60-35-36-61-45(49)44(48)38-9-3-2-4-10-38/h2-14,43H,15-37H2,1H3. The number of esters is 1. The van der Waals surface area contributed by atoms with Crippen LogP contribution in [0.4, 0.5) is 4.79 Å². The van der Waals surface area contributed by atoms with Crippen molar-refractivity contribution in [1.82, 2.24) is 4.90 Å². The number of likely N-dealkylation sites (N-methyl/N-ethyl adjacent to an activating group) is 1. The van der Waals surface area contributed by atoms with Gasteiger partial charge in [0.05, 0.1) is 132 Å². The van der Waals surface area contributed by atoms with Gasteiger partial charge in [-0.15, -0.1) is 0 Å². The van der Waals surface area contributed by atoms with Gasteiger partial charge >= 0.3 is 12.1 Å². The minimum absolute atomic E-state index is 0.00973. The van der Waals surface area contributed by atoms with Crippen LogP contribution in [-0.4, -0.2) is 182 Å². The van der Waals surface area contributed by atoms with E-state index >= 15 is 0 Å². The summed E-state index contributed by atoms with van der Waals surface area (Å²) in [5.74, 6) is -1.55. The second kappa shape index (κ2) is 32.4.